The summed E-state index contributed by atoms with van der Waals surface area (Å²) >= 11 is 0. The lowest BCUT2D eigenvalue weighted by molar-refractivity contribution is -0.202. The molecule has 3 aromatic rings. The number of piperidine rings is 1. The maximum Gasteiger partial charge on any atom is 0.490 e. The molecule has 0 saturated carbocycles. The van der Waals surface area contributed by atoms with Crippen LogP contribution in [-0.2, 0) is 27.2 Å². The molecule has 0 aliphatic carbocycles. The number of hydrogen-bond donors (Lipinski definition) is 2. The van der Waals surface area contributed by atoms with Gasteiger partial charge in [0.1, 0.15) is 18.0 Å². The Morgan fingerprint density at radius 1 is 1.05 bits per heavy atom. The van der Waals surface area contributed by atoms with E-state index in [4.69, 9.17) is 4.74 Å². The summed E-state index contributed by atoms with van der Waals surface area (Å²) in [5, 5.41) is 4.78. The Morgan fingerprint density at radius 3 is 2.37 bits per heavy atom. The second kappa shape index (κ2) is 10.1. The summed E-state index contributed by atoms with van der Waals surface area (Å²) in [5.74, 6) is -1.35. The van der Waals surface area contributed by atoms with Crippen LogP contribution in [-0.4, -0.2) is 49.9 Å². The highest BCUT2D eigenvalue weighted by atomic mass is 19.4. The molecule has 41 heavy (non-hydrogen) atoms. The molecule has 2 aliphatic heterocycles. The molecular formula is C28H26F3N5O5. The van der Waals surface area contributed by atoms with Crippen LogP contribution in [0.15, 0.2) is 48.8 Å². The van der Waals surface area contributed by atoms with Crippen molar-refractivity contribution in [2.45, 2.75) is 58.1 Å². The smallest absolute Gasteiger partial charge is 0.444 e. The summed E-state index contributed by atoms with van der Waals surface area (Å²) in [5.41, 5.74) is 0.790. The lowest BCUT2D eigenvalue weighted by Gasteiger charge is -2.29. The normalized spacial score (nSPS) is 17.4. The van der Waals surface area contributed by atoms with Crippen molar-refractivity contribution in [3.63, 3.8) is 0 Å². The Hall–Kier alpha value is -4.68. The van der Waals surface area contributed by atoms with Crippen LogP contribution < -0.4 is 10.6 Å². The van der Waals surface area contributed by atoms with E-state index in [0.717, 1.165) is 0 Å². The van der Waals surface area contributed by atoms with Gasteiger partial charge in [-0.25, -0.2) is 14.3 Å². The highest BCUT2D eigenvalue weighted by molar-refractivity contribution is 6.05. The molecule has 1 atom stereocenters. The molecule has 1 fully saturated rings. The van der Waals surface area contributed by atoms with E-state index in [1.807, 2.05) is 0 Å². The number of fused-ring (bicyclic) bond motifs is 1. The molecule has 0 bridgehead atoms. The Balaban J connectivity index is 1.46. The van der Waals surface area contributed by atoms with E-state index in [1.54, 1.807) is 26.8 Å². The summed E-state index contributed by atoms with van der Waals surface area (Å²) in [6.45, 7) is 5.18. The maximum atomic E-state index is 14.0. The zero-order valence-electron chi connectivity index (χ0n) is 22.3. The van der Waals surface area contributed by atoms with Crippen molar-refractivity contribution in [2.24, 2.45) is 0 Å². The molecule has 2 aliphatic rings. The number of carbonyl (C=O) groups is 4. The van der Waals surface area contributed by atoms with Gasteiger partial charge in [-0.2, -0.15) is 0 Å². The molecule has 4 amide bonds. The van der Waals surface area contributed by atoms with Gasteiger partial charge in [0.05, 0.1) is 11.4 Å². The minimum Gasteiger partial charge on any atom is -0.444 e. The number of ether oxygens (including phenoxy) is 1. The van der Waals surface area contributed by atoms with Crippen molar-refractivity contribution in [2.75, 3.05) is 5.32 Å². The predicted octanol–water partition coefficient (Wildman–Crippen LogP) is 4.80. The Bertz CT molecular complexity index is 1560. The standard InChI is InChI=1S/C28H26F3N5O5/c1-27(2,3)41-26(40)33-18-7-4-15(5-8-18)23-22(32-14-36(23)28(29,30)31)16-6-9-19-17(12-16)13-35(25(19)39)20-10-11-21(37)34-24(20)38/h4-9,12,14,20H,10-11,13H2,1-3H3,(H,33,40)(H,34,37,38). The quantitative estimate of drug-likeness (QED) is 0.435. The molecule has 2 N–H and O–H groups in total. The Morgan fingerprint density at radius 2 is 1.73 bits per heavy atom. The van der Waals surface area contributed by atoms with Crippen LogP contribution in [0.5, 0.6) is 0 Å². The number of nitrogens with one attached hydrogen (secondary N) is 2. The molecule has 13 heteroatoms. The van der Waals surface area contributed by atoms with Gasteiger partial charge in [0.2, 0.25) is 11.8 Å². The van der Waals surface area contributed by atoms with Gasteiger partial charge in [0.25, 0.3) is 5.91 Å². The van der Waals surface area contributed by atoms with Gasteiger partial charge in [0.15, 0.2) is 0 Å². The van der Waals surface area contributed by atoms with E-state index in [-0.39, 0.29) is 40.9 Å². The largest absolute Gasteiger partial charge is 0.490 e. The van der Waals surface area contributed by atoms with Crippen LogP contribution in [0.1, 0.15) is 49.5 Å². The van der Waals surface area contributed by atoms with E-state index in [9.17, 15) is 32.3 Å². The first-order valence-electron chi connectivity index (χ1n) is 12.7. The third kappa shape index (κ3) is 5.65. The number of rotatable bonds is 4. The van der Waals surface area contributed by atoms with Gasteiger partial charge in [-0.1, -0.05) is 18.2 Å². The van der Waals surface area contributed by atoms with Gasteiger partial charge in [-0.05, 0) is 57.0 Å². The summed E-state index contributed by atoms with van der Waals surface area (Å²) < 4.78 is 47.3. The molecule has 0 radical (unpaired) electrons. The number of nitrogens with zero attached hydrogens (tertiary/aromatic N) is 3. The molecular weight excluding hydrogens is 543 g/mol. The predicted molar refractivity (Wildman–Crippen MR) is 140 cm³/mol. The number of imidazole rings is 1. The second-order valence-electron chi connectivity index (χ2n) is 10.8. The number of halogens is 3. The number of imide groups is 1. The fraction of sp³-hybridized carbons (Fsp3) is 0.321. The van der Waals surface area contributed by atoms with E-state index in [0.29, 0.717) is 28.7 Å². The molecule has 5 rings (SSSR count). The second-order valence-corrected chi connectivity index (χ2v) is 10.8. The number of anilines is 1. The average molecular weight is 570 g/mol. The van der Waals surface area contributed by atoms with Crippen molar-refractivity contribution in [1.82, 2.24) is 19.8 Å². The number of carbonyl (C=O) groups excluding carboxylic acids is 4. The number of benzene rings is 2. The van der Waals surface area contributed by atoms with E-state index < -0.39 is 41.8 Å². The zero-order chi connectivity index (χ0) is 29.7. The fourth-order valence-electron chi connectivity index (χ4n) is 4.88. The first-order valence-corrected chi connectivity index (χ1v) is 12.7. The number of aromatic nitrogens is 2. The summed E-state index contributed by atoms with van der Waals surface area (Å²) in [6.07, 6.45) is -4.50. The monoisotopic (exact) mass is 569 g/mol. The van der Waals surface area contributed by atoms with Crippen LogP contribution >= 0.6 is 0 Å². The maximum absolute atomic E-state index is 14.0. The SMILES string of the molecule is CC(C)(C)OC(=O)Nc1ccc(-c2c(-c3ccc4c(c3)CN(C3CCC(=O)NC3=O)C4=O)ncn2C(F)(F)F)cc1. The van der Waals surface area contributed by atoms with E-state index in [2.05, 4.69) is 15.6 Å². The molecule has 3 heterocycles. The average Bonchev–Trinajstić information content (AvgIpc) is 3.45. The molecule has 2 aromatic carbocycles. The first kappa shape index (κ1) is 27.9. The highest BCUT2D eigenvalue weighted by Crippen LogP contribution is 2.39. The van der Waals surface area contributed by atoms with Gasteiger partial charge in [-0.15, -0.1) is 13.2 Å². The van der Waals surface area contributed by atoms with Gasteiger partial charge < -0.3 is 9.64 Å². The van der Waals surface area contributed by atoms with Crippen LogP contribution in [0.2, 0.25) is 0 Å². The van der Waals surface area contributed by atoms with Crippen molar-refractivity contribution < 1.29 is 37.1 Å². The van der Waals surface area contributed by atoms with Crippen molar-refractivity contribution >= 4 is 29.5 Å². The van der Waals surface area contributed by atoms with Crippen molar-refractivity contribution in [3.05, 3.63) is 59.9 Å². The lowest BCUT2D eigenvalue weighted by atomic mass is 10.0. The summed E-state index contributed by atoms with van der Waals surface area (Å²) in [7, 11) is 0. The van der Waals surface area contributed by atoms with Crippen molar-refractivity contribution in [3.8, 4) is 22.5 Å². The minimum atomic E-state index is -4.77. The third-order valence-corrected chi connectivity index (χ3v) is 6.64. The van der Waals surface area contributed by atoms with E-state index >= 15 is 0 Å². The summed E-state index contributed by atoms with van der Waals surface area (Å²) in [6, 6.07) is 9.55. The van der Waals surface area contributed by atoms with Crippen LogP contribution in [0.3, 0.4) is 0 Å². The van der Waals surface area contributed by atoms with Crippen LogP contribution in [0.25, 0.3) is 22.5 Å². The highest BCUT2D eigenvalue weighted by Gasteiger charge is 2.40. The molecule has 1 aromatic heterocycles. The van der Waals surface area contributed by atoms with E-state index in [1.165, 1.54) is 41.3 Å². The van der Waals surface area contributed by atoms with Crippen LogP contribution in [0.4, 0.5) is 23.7 Å². The topological polar surface area (TPSA) is 123 Å². The molecule has 0 spiro atoms. The Labute approximate surface area is 232 Å². The van der Waals surface area contributed by atoms with Crippen LogP contribution in [0, 0.1) is 0 Å². The summed E-state index contributed by atoms with van der Waals surface area (Å²) in [4.78, 5) is 54.4. The molecule has 1 unspecified atom stereocenters. The lowest BCUT2D eigenvalue weighted by Crippen LogP contribution is -2.52. The van der Waals surface area contributed by atoms with Gasteiger partial charge in [-0.3, -0.25) is 25.0 Å². The third-order valence-electron chi connectivity index (χ3n) is 6.64. The van der Waals surface area contributed by atoms with Gasteiger partial charge in [0, 0.05) is 35.3 Å². The number of alkyl halides is 3. The fourth-order valence-corrected chi connectivity index (χ4v) is 4.88. The Kier molecular flexibility index (Phi) is 6.84. The molecule has 10 nitrogen and oxygen atoms in total. The number of amides is 4. The first-order chi connectivity index (χ1) is 19.2. The van der Waals surface area contributed by atoms with Gasteiger partial charge >= 0.3 is 12.4 Å². The molecule has 214 valence electrons. The van der Waals surface area contributed by atoms with Crippen molar-refractivity contribution in [1.29, 1.82) is 0 Å². The minimum absolute atomic E-state index is 0.0323. The molecule has 1 saturated heterocycles. The number of hydrogen-bond acceptors (Lipinski definition) is 6. The zero-order valence-corrected chi connectivity index (χ0v) is 22.3.